The summed E-state index contributed by atoms with van der Waals surface area (Å²) in [6.45, 7) is 5.26. The maximum Gasteiger partial charge on any atom is 0.0947 e. The average molecular weight is 242 g/mol. The lowest BCUT2D eigenvalue weighted by molar-refractivity contribution is 0.277. The van der Waals surface area contributed by atoms with Crippen LogP contribution in [0.3, 0.4) is 0 Å². The molecule has 0 aromatic carbocycles. The van der Waals surface area contributed by atoms with Crippen molar-refractivity contribution in [3.8, 4) is 0 Å². The second-order valence-electron chi connectivity index (χ2n) is 4.09. The molecule has 4 heteroatoms. The van der Waals surface area contributed by atoms with Crippen LogP contribution in [0.4, 0.5) is 0 Å². The molecule has 1 aromatic rings. The van der Waals surface area contributed by atoms with E-state index in [2.05, 4.69) is 30.4 Å². The van der Waals surface area contributed by atoms with Crippen LogP contribution in [-0.2, 0) is 6.54 Å². The Balaban J connectivity index is 2.06. The van der Waals surface area contributed by atoms with Crippen molar-refractivity contribution < 1.29 is 4.42 Å². The van der Waals surface area contributed by atoms with E-state index in [0.29, 0.717) is 6.04 Å². The first-order chi connectivity index (χ1) is 7.74. The zero-order valence-corrected chi connectivity index (χ0v) is 11.2. The van der Waals surface area contributed by atoms with Gasteiger partial charge in [-0.05, 0) is 26.3 Å². The zero-order valence-electron chi connectivity index (χ0n) is 10.4. The van der Waals surface area contributed by atoms with E-state index >= 15 is 0 Å². The predicted molar refractivity (Wildman–Crippen MR) is 70.9 cm³/mol. The van der Waals surface area contributed by atoms with Crippen LogP contribution in [0.2, 0.25) is 0 Å². The molecule has 0 aliphatic carbocycles. The third-order valence-electron chi connectivity index (χ3n) is 2.71. The maximum absolute atomic E-state index is 5.01. The Hall–Kier alpha value is -0.450. The van der Waals surface area contributed by atoms with Gasteiger partial charge in [-0.15, -0.1) is 0 Å². The van der Waals surface area contributed by atoms with Gasteiger partial charge in [0.05, 0.1) is 12.5 Å². The molecule has 0 radical (unpaired) electrons. The van der Waals surface area contributed by atoms with Gasteiger partial charge in [0.15, 0.2) is 0 Å². The third kappa shape index (κ3) is 5.05. The van der Waals surface area contributed by atoms with Gasteiger partial charge in [-0.2, -0.15) is 11.8 Å². The van der Waals surface area contributed by atoms with Gasteiger partial charge < -0.3 is 14.6 Å². The smallest absolute Gasteiger partial charge is 0.0947 e. The minimum Gasteiger partial charge on any atom is -0.472 e. The monoisotopic (exact) mass is 242 g/mol. The molecular weight excluding hydrogens is 220 g/mol. The molecule has 1 aromatic heterocycles. The lowest BCUT2D eigenvalue weighted by Gasteiger charge is -2.23. The van der Waals surface area contributed by atoms with E-state index < -0.39 is 0 Å². The van der Waals surface area contributed by atoms with E-state index in [1.807, 2.05) is 17.8 Å². The Morgan fingerprint density at radius 1 is 1.56 bits per heavy atom. The number of furan rings is 1. The lowest BCUT2D eigenvalue weighted by atomic mass is 10.3. The molecule has 1 heterocycles. The van der Waals surface area contributed by atoms with Gasteiger partial charge in [0, 0.05) is 37.0 Å². The summed E-state index contributed by atoms with van der Waals surface area (Å²) in [4.78, 5) is 2.39. The first kappa shape index (κ1) is 13.6. The standard InChI is InChI=1S/C12H22N2OS/c1-11(10-16-3)14(2)6-5-13-8-12-4-7-15-9-12/h4,7,9,11,13H,5-6,8,10H2,1-3H3. The Bertz CT molecular complexity index is 264. The minimum atomic E-state index is 0.644. The van der Waals surface area contributed by atoms with Crippen LogP contribution >= 0.6 is 11.8 Å². The fourth-order valence-corrected chi connectivity index (χ4v) is 2.21. The highest BCUT2D eigenvalue weighted by Gasteiger charge is 2.07. The summed E-state index contributed by atoms with van der Waals surface area (Å²) in [7, 11) is 2.18. The van der Waals surface area contributed by atoms with Crippen LogP contribution in [0, 0.1) is 0 Å². The highest BCUT2D eigenvalue weighted by Crippen LogP contribution is 2.03. The molecule has 92 valence electrons. The van der Waals surface area contributed by atoms with Crippen molar-refractivity contribution in [3.05, 3.63) is 24.2 Å². The Morgan fingerprint density at radius 2 is 2.38 bits per heavy atom. The molecule has 0 saturated carbocycles. The molecule has 1 rings (SSSR count). The second kappa shape index (κ2) is 7.76. The van der Waals surface area contributed by atoms with Crippen LogP contribution < -0.4 is 5.32 Å². The van der Waals surface area contributed by atoms with Crippen molar-refractivity contribution >= 4 is 11.8 Å². The minimum absolute atomic E-state index is 0.644. The molecule has 3 nitrogen and oxygen atoms in total. The predicted octanol–water partition coefficient (Wildman–Crippen LogP) is 2.05. The number of rotatable bonds is 8. The van der Waals surface area contributed by atoms with Gasteiger partial charge in [-0.1, -0.05) is 0 Å². The van der Waals surface area contributed by atoms with Crippen LogP contribution in [-0.4, -0.2) is 43.1 Å². The number of hydrogen-bond donors (Lipinski definition) is 1. The fraction of sp³-hybridized carbons (Fsp3) is 0.667. The van der Waals surface area contributed by atoms with E-state index in [1.165, 1.54) is 11.3 Å². The summed E-state index contributed by atoms with van der Waals surface area (Å²) < 4.78 is 5.01. The van der Waals surface area contributed by atoms with Crippen molar-refractivity contribution in [2.24, 2.45) is 0 Å². The Morgan fingerprint density at radius 3 is 3.00 bits per heavy atom. The molecule has 0 aliphatic rings. The number of nitrogens with one attached hydrogen (secondary N) is 1. The third-order valence-corrected chi connectivity index (χ3v) is 3.53. The largest absolute Gasteiger partial charge is 0.472 e. The molecular formula is C12H22N2OS. The van der Waals surface area contributed by atoms with E-state index in [9.17, 15) is 0 Å². The molecule has 0 bridgehead atoms. The SMILES string of the molecule is CSCC(C)N(C)CCNCc1ccoc1. The van der Waals surface area contributed by atoms with E-state index in [0.717, 1.165) is 19.6 Å². The zero-order chi connectivity index (χ0) is 11.8. The van der Waals surface area contributed by atoms with Crippen molar-refractivity contribution in [2.45, 2.75) is 19.5 Å². The normalized spacial score (nSPS) is 13.2. The van der Waals surface area contributed by atoms with Crippen LogP contribution in [0.1, 0.15) is 12.5 Å². The van der Waals surface area contributed by atoms with Crippen molar-refractivity contribution in [3.63, 3.8) is 0 Å². The second-order valence-corrected chi connectivity index (χ2v) is 5.00. The number of nitrogens with zero attached hydrogens (tertiary/aromatic N) is 1. The maximum atomic E-state index is 5.01. The summed E-state index contributed by atoms with van der Waals surface area (Å²) >= 11 is 1.90. The summed E-state index contributed by atoms with van der Waals surface area (Å²) in [5.41, 5.74) is 1.21. The quantitative estimate of drug-likeness (QED) is 0.706. The highest BCUT2D eigenvalue weighted by molar-refractivity contribution is 7.98. The van der Waals surface area contributed by atoms with E-state index in [4.69, 9.17) is 4.42 Å². The van der Waals surface area contributed by atoms with Crippen LogP contribution in [0.25, 0.3) is 0 Å². The van der Waals surface area contributed by atoms with Crippen molar-refractivity contribution in [1.82, 2.24) is 10.2 Å². The van der Waals surface area contributed by atoms with Gasteiger partial charge in [0.2, 0.25) is 0 Å². The van der Waals surface area contributed by atoms with Crippen LogP contribution in [0.5, 0.6) is 0 Å². The molecule has 0 spiro atoms. The summed E-state index contributed by atoms with van der Waals surface area (Å²) in [6, 6.07) is 2.64. The number of thioether (sulfide) groups is 1. The highest BCUT2D eigenvalue weighted by atomic mass is 32.2. The molecule has 1 N–H and O–H groups in total. The molecule has 1 atom stereocenters. The van der Waals surface area contributed by atoms with E-state index in [1.54, 1.807) is 12.5 Å². The molecule has 0 amide bonds. The van der Waals surface area contributed by atoms with Crippen molar-refractivity contribution in [1.29, 1.82) is 0 Å². The van der Waals surface area contributed by atoms with Gasteiger partial charge in [-0.3, -0.25) is 0 Å². The summed E-state index contributed by atoms with van der Waals surface area (Å²) in [5, 5.41) is 3.41. The molecule has 0 fully saturated rings. The molecule has 16 heavy (non-hydrogen) atoms. The fourth-order valence-electron chi connectivity index (χ4n) is 1.47. The van der Waals surface area contributed by atoms with Gasteiger partial charge in [0.25, 0.3) is 0 Å². The Labute approximate surface area is 103 Å². The average Bonchev–Trinajstić information content (AvgIpc) is 2.77. The number of hydrogen-bond acceptors (Lipinski definition) is 4. The number of likely N-dealkylation sites (N-methyl/N-ethyl adjacent to an activating group) is 1. The first-order valence-electron chi connectivity index (χ1n) is 5.65. The van der Waals surface area contributed by atoms with Gasteiger partial charge >= 0.3 is 0 Å². The van der Waals surface area contributed by atoms with Gasteiger partial charge in [-0.25, -0.2) is 0 Å². The Kier molecular flexibility index (Phi) is 6.61. The van der Waals surface area contributed by atoms with E-state index in [-0.39, 0.29) is 0 Å². The molecule has 0 saturated heterocycles. The van der Waals surface area contributed by atoms with Gasteiger partial charge in [0.1, 0.15) is 0 Å². The van der Waals surface area contributed by atoms with Crippen LogP contribution in [0.15, 0.2) is 23.0 Å². The lowest BCUT2D eigenvalue weighted by Crippen LogP contribution is -2.36. The molecule has 1 unspecified atom stereocenters. The topological polar surface area (TPSA) is 28.4 Å². The summed E-state index contributed by atoms with van der Waals surface area (Å²) in [6.07, 6.45) is 5.65. The summed E-state index contributed by atoms with van der Waals surface area (Å²) in [5.74, 6) is 1.19. The first-order valence-corrected chi connectivity index (χ1v) is 7.04. The van der Waals surface area contributed by atoms with Crippen molar-refractivity contribution in [2.75, 3.05) is 32.1 Å². The molecule has 0 aliphatic heterocycles.